The lowest BCUT2D eigenvalue weighted by Crippen LogP contribution is -2.25. The van der Waals surface area contributed by atoms with Crippen molar-refractivity contribution in [2.45, 2.75) is 6.54 Å². The van der Waals surface area contributed by atoms with Gasteiger partial charge in [0.2, 0.25) is 0 Å². The topological polar surface area (TPSA) is 33.7 Å². The Morgan fingerprint density at radius 3 is 2.58 bits per heavy atom. The number of hydrogen-bond acceptors (Lipinski definition) is 4. The van der Waals surface area contributed by atoms with E-state index in [-0.39, 0.29) is 0 Å². The first-order valence-corrected chi connectivity index (χ1v) is 7.20. The maximum Gasteiger partial charge on any atom is 0.161 e. The van der Waals surface area contributed by atoms with E-state index in [9.17, 15) is 0 Å². The highest BCUT2D eigenvalue weighted by Crippen LogP contribution is 2.32. The predicted octanol–water partition coefficient (Wildman–Crippen LogP) is 1.11. The van der Waals surface area contributed by atoms with Crippen molar-refractivity contribution < 1.29 is 9.47 Å². The van der Waals surface area contributed by atoms with Crippen LogP contribution in [-0.2, 0) is 6.54 Å². The number of fused-ring (bicyclic) bond motifs is 2. The van der Waals surface area contributed by atoms with E-state index in [1.807, 2.05) is 6.07 Å². The van der Waals surface area contributed by atoms with Crippen molar-refractivity contribution in [3.63, 3.8) is 0 Å². The lowest BCUT2D eigenvalue weighted by Gasteiger charge is -2.21. The lowest BCUT2D eigenvalue weighted by atomic mass is 10.0. The summed E-state index contributed by atoms with van der Waals surface area (Å²) in [5.41, 5.74) is 1.33. The highest BCUT2D eigenvalue weighted by molar-refractivity contribution is 5.43. The zero-order valence-electron chi connectivity index (χ0n) is 11.1. The van der Waals surface area contributed by atoms with E-state index >= 15 is 0 Å². The summed E-state index contributed by atoms with van der Waals surface area (Å²) in [6.45, 7) is 7.21. The number of nitrogens with zero attached hydrogens (tertiary/aromatic N) is 1. The Morgan fingerprint density at radius 1 is 1.05 bits per heavy atom. The molecule has 3 heterocycles. The van der Waals surface area contributed by atoms with Crippen molar-refractivity contribution in [2.75, 3.05) is 39.4 Å². The van der Waals surface area contributed by atoms with Gasteiger partial charge in [-0.1, -0.05) is 6.07 Å². The molecule has 102 valence electrons. The molecule has 0 aliphatic carbocycles. The van der Waals surface area contributed by atoms with Gasteiger partial charge in [0.1, 0.15) is 13.2 Å². The molecule has 1 aromatic carbocycles. The first kappa shape index (κ1) is 11.6. The normalized spacial score (nSPS) is 29.5. The lowest BCUT2D eigenvalue weighted by molar-refractivity contribution is 0.171. The maximum atomic E-state index is 5.65. The van der Waals surface area contributed by atoms with Gasteiger partial charge < -0.3 is 14.8 Å². The molecule has 0 spiro atoms. The molecule has 1 aromatic rings. The van der Waals surface area contributed by atoms with Crippen molar-refractivity contribution in [3.05, 3.63) is 23.8 Å². The first-order chi connectivity index (χ1) is 9.38. The largest absolute Gasteiger partial charge is 0.486 e. The molecule has 0 unspecified atom stereocenters. The van der Waals surface area contributed by atoms with E-state index in [4.69, 9.17) is 9.47 Å². The van der Waals surface area contributed by atoms with Crippen LogP contribution in [0.15, 0.2) is 18.2 Å². The van der Waals surface area contributed by atoms with Crippen molar-refractivity contribution >= 4 is 0 Å². The molecule has 0 amide bonds. The Bertz CT molecular complexity index is 465. The standard InChI is InChI=1S/C15H20N2O2/c1-2-14-15(19-4-3-18-14)5-11(1)8-17-9-12-6-16-7-13(12)10-17/h1-2,5,12-13,16H,3-4,6-10H2/t12-,13+. The van der Waals surface area contributed by atoms with Gasteiger partial charge in [0.25, 0.3) is 0 Å². The minimum atomic E-state index is 0.662. The number of likely N-dealkylation sites (tertiary alicyclic amines) is 1. The molecule has 4 heteroatoms. The summed E-state index contributed by atoms with van der Waals surface area (Å²) in [5.74, 6) is 3.51. The summed E-state index contributed by atoms with van der Waals surface area (Å²) in [7, 11) is 0. The molecule has 2 saturated heterocycles. The fourth-order valence-electron chi connectivity index (χ4n) is 3.53. The molecule has 3 aliphatic heterocycles. The number of hydrogen-bond donors (Lipinski definition) is 1. The number of ether oxygens (including phenoxy) is 2. The van der Waals surface area contributed by atoms with Crippen LogP contribution in [0.3, 0.4) is 0 Å². The molecule has 4 rings (SSSR count). The van der Waals surface area contributed by atoms with Crippen LogP contribution in [0.1, 0.15) is 5.56 Å². The average molecular weight is 260 g/mol. The Morgan fingerprint density at radius 2 is 1.79 bits per heavy atom. The second kappa shape index (κ2) is 4.69. The number of rotatable bonds is 2. The summed E-state index contributed by atoms with van der Waals surface area (Å²) in [6.07, 6.45) is 0. The molecule has 3 aliphatic rings. The Kier molecular flexibility index (Phi) is 2.85. The molecular weight excluding hydrogens is 240 g/mol. The highest BCUT2D eigenvalue weighted by Gasteiger charge is 2.35. The van der Waals surface area contributed by atoms with E-state index in [0.717, 1.165) is 29.9 Å². The summed E-state index contributed by atoms with van der Waals surface area (Å²) in [5, 5.41) is 3.49. The van der Waals surface area contributed by atoms with Gasteiger partial charge in [-0.3, -0.25) is 4.90 Å². The molecule has 0 radical (unpaired) electrons. The Balaban J connectivity index is 1.45. The molecule has 1 N–H and O–H groups in total. The zero-order valence-corrected chi connectivity index (χ0v) is 11.1. The van der Waals surface area contributed by atoms with E-state index in [1.165, 1.54) is 31.7 Å². The van der Waals surface area contributed by atoms with Gasteiger partial charge >= 0.3 is 0 Å². The number of nitrogens with one attached hydrogen (secondary N) is 1. The fourth-order valence-corrected chi connectivity index (χ4v) is 3.53. The third-order valence-electron chi connectivity index (χ3n) is 4.48. The van der Waals surface area contributed by atoms with Gasteiger partial charge in [0.05, 0.1) is 0 Å². The van der Waals surface area contributed by atoms with Crippen LogP contribution < -0.4 is 14.8 Å². The van der Waals surface area contributed by atoms with Gasteiger partial charge in [-0.25, -0.2) is 0 Å². The van der Waals surface area contributed by atoms with Crippen LogP contribution >= 0.6 is 0 Å². The van der Waals surface area contributed by atoms with Gasteiger partial charge in [0.15, 0.2) is 11.5 Å². The minimum absolute atomic E-state index is 0.662. The van der Waals surface area contributed by atoms with Gasteiger partial charge in [-0.2, -0.15) is 0 Å². The third-order valence-corrected chi connectivity index (χ3v) is 4.48. The highest BCUT2D eigenvalue weighted by atomic mass is 16.6. The smallest absolute Gasteiger partial charge is 0.161 e. The molecule has 4 nitrogen and oxygen atoms in total. The second-order valence-electron chi connectivity index (χ2n) is 5.85. The van der Waals surface area contributed by atoms with E-state index in [0.29, 0.717) is 13.2 Å². The predicted molar refractivity (Wildman–Crippen MR) is 72.6 cm³/mol. The van der Waals surface area contributed by atoms with Crippen molar-refractivity contribution in [1.29, 1.82) is 0 Å². The van der Waals surface area contributed by atoms with Crippen molar-refractivity contribution in [2.24, 2.45) is 11.8 Å². The van der Waals surface area contributed by atoms with Gasteiger partial charge in [-0.05, 0) is 42.6 Å². The quantitative estimate of drug-likeness (QED) is 0.863. The summed E-state index contributed by atoms with van der Waals surface area (Å²) in [6, 6.07) is 6.35. The molecule has 2 atom stereocenters. The summed E-state index contributed by atoms with van der Waals surface area (Å²) in [4.78, 5) is 2.57. The monoisotopic (exact) mass is 260 g/mol. The van der Waals surface area contributed by atoms with Crippen LogP contribution in [0.25, 0.3) is 0 Å². The molecule has 2 fully saturated rings. The second-order valence-corrected chi connectivity index (χ2v) is 5.85. The van der Waals surface area contributed by atoms with Crippen LogP contribution in [0.2, 0.25) is 0 Å². The van der Waals surface area contributed by atoms with Crippen LogP contribution in [0.4, 0.5) is 0 Å². The molecule has 0 saturated carbocycles. The van der Waals surface area contributed by atoms with Gasteiger partial charge in [0, 0.05) is 19.6 Å². The minimum Gasteiger partial charge on any atom is -0.486 e. The number of benzene rings is 1. The van der Waals surface area contributed by atoms with Crippen LogP contribution in [0, 0.1) is 11.8 Å². The van der Waals surface area contributed by atoms with E-state index < -0.39 is 0 Å². The molecular formula is C15H20N2O2. The van der Waals surface area contributed by atoms with Crippen molar-refractivity contribution in [3.8, 4) is 11.5 Å². The van der Waals surface area contributed by atoms with E-state index in [1.54, 1.807) is 0 Å². The summed E-state index contributed by atoms with van der Waals surface area (Å²) >= 11 is 0. The van der Waals surface area contributed by atoms with E-state index in [2.05, 4.69) is 22.3 Å². The van der Waals surface area contributed by atoms with Crippen LogP contribution in [0.5, 0.6) is 11.5 Å². The maximum absolute atomic E-state index is 5.65. The fraction of sp³-hybridized carbons (Fsp3) is 0.600. The van der Waals surface area contributed by atoms with Crippen molar-refractivity contribution in [1.82, 2.24) is 10.2 Å². The molecule has 19 heavy (non-hydrogen) atoms. The zero-order chi connectivity index (χ0) is 12.7. The van der Waals surface area contributed by atoms with Gasteiger partial charge in [-0.15, -0.1) is 0 Å². The summed E-state index contributed by atoms with van der Waals surface area (Å²) < 4.78 is 11.2. The third kappa shape index (κ3) is 2.19. The molecule has 0 aromatic heterocycles. The molecule has 0 bridgehead atoms. The Labute approximate surface area is 113 Å². The van der Waals surface area contributed by atoms with Crippen LogP contribution in [-0.4, -0.2) is 44.3 Å². The first-order valence-electron chi connectivity index (χ1n) is 7.20. The SMILES string of the molecule is c1cc2c(cc1CN1C[C@H]3CNC[C@H]3C1)OCCO2. The average Bonchev–Trinajstić information content (AvgIpc) is 2.99. The Hall–Kier alpha value is -1.26.